The number of hydrogen-bond acceptors (Lipinski definition) is 0. The molecular formula is C10H6Te2. The summed E-state index contributed by atoms with van der Waals surface area (Å²) in [6.45, 7) is 0. The van der Waals surface area contributed by atoms with E-state index < -0.39 is 0 Å². The molecule has 0 atom stereocenters. The van der Waals surface area contributed by atoms with E-state index in [4.69, 9.17) is 0 Å². The van der Waals surface area contributed by atoms with Crippen LogP contribution in [0.15, 0.2) is 0 Å². The SMILES string of the molecule is C[Te]C#CC#CC#CC#C[Te]C. The van der Waals surface area contributed by atoms with Gasteiger partial charge in [-0.15, -0.1) is 0 Å². The summed E-state index contributed by atoms with van der Waals surface area (Å²) < 4.78 is 5.92. The van der Waals surface area contributed by atoms with Crippen molar-refractivity contribution in [2.45, 2.75) is 9.94 Å². The van der Waals surface area contributed by atoms with E-state index in [2.05, 4.69) is 53.4 Å². The Morgan fingerprint density at radius 1 is 0.583 bits per heavy atom. The molecule has 0 saturated heterocycles. The van der Waals surface area contributed by atoms with Gasteiger partial charge in [0.15, 0.2) is 0 Å². The summed E-state index contributed by atoms with van der Waals surface area (Å²) in [4.78, 5) is 4.23. The van der Waals surface area contributed by atoms with Crippen LogP contribution in [0.5, 0.6) is 0 Å². The Bertz CT molecular complexity index is 312. The molecule has 0 radical (unpaired) electrons. The molecule has 0 rings (SSSR count). The van der Waals surface area contributed by atoms with Gasteiger partial charge in [-0.05, 0) is 0 Å². The molecule has 0 amide bonds. The van der Waals surface area contributed by atoms with Crippen molar-refractivity contribution in [1.29, 1.82) is 0 Å². The third-order valence-electron chi connectivity index (χ3n) is 0.619. The Morgan fingerprint density at radius 2 is 0.917 bits per heavy atom. The molecule has 0 spiro atoms. The summed E-state index contributed by atoms with van der Waals surface area (Å²) in [5, 5.41) is 0. The normalized spacial score (nSPS) is 5.17. The minimum atomic E-state index is -0.104. The molecule has 0 aliphatic heterocycles. The first-order chi connectivity index (χ1) is 5.91. The van der Waals surface area contributed by atoms with Crippen molar-refractivity contribution in [2.75, 3.05) is 0 Å². The summed E-state index contributed by atoms with van der Waals surface area (Å²) in [5.74, 6) is 16.0. The third kappa shape index (κ3) is 9.82. The van der Waals surface area contributed by atoms with E-state index in [0.29, 0.717) is 0 Å². The van der Waals surface area contributed by atoms with Gasteiger partial charge in [0.1, 0.15) is 0 Å². The van der Waals surface area contributed by atoms with Crippen LogP contribution >= 0.6 is 0 Å². The van der Waals surface area contributed by atoms with Gasteiger partial charge in [-0.3, -0.25) is 0 Å². The van der Waals surface area contributed by atoms with Gasteiger partial charge in [0.2, 0.25) is 0 Å². The molecule has 2 heteroatoms. The number of rotatable bonds is 0. The summed E-state index contributed by atoms with van der Waals surface area (Å²) in [6, 6.07) is 0. The summed E-state index contributed by atoms with van der Waals surface area (Å²) in [7, 11) is 0. The maximum absolute atomic E-state index is 2.96. The Labute approximate surface area is 94.4 Å². The van der Waals surface area contributed by atoms with Crippen LogP contribution in [0, 0.1) is 43.5 Å². The Morgan fingerprint density at radius 3 is 1.25 bits per heavy atom. The topological polar surface area (TPSA) is 0 Å². The molecule has 0 nitrogen and oxygen atoms in total. The van der Waals surface area contributed by atoms with Crippen LogP contribution in [0.2, 0.25) is 9.94 Å². The quantitative estimate of drug-likeness (QED) is 0.422. The molecule has 0 aromatic heterocycles. The van der Waals surface area contributed by atoms with Gasteiger partial charge in [-0.1, -0.05) is 0 Å². The van der Waals surface area contributed by atoms with Crippen molar-refractivity contribution in [1.82, 2.24) is 0 Å². The van der Waals surface area contributed by atoms with E-state index in [1.807, 2.05) is 0 Å². The van der Waals surface area contributed by atoms with Crippen LogP contribution in [0.25, 0.3) is 0 Å². The monoisotopic (exact) mass is 386 g/mol. The van der Waals surface area contributed by atoms with Crippen molar-refractivity contribution in [3.8, 4) is 43.5 Å². The molecule has 58 valence electrons. The van der Waals surface area contributed by atoms with E-state index in [1.54, 1.807) is 0 Å². The van der Waals surface area contributed by atoms with Crippen LogP contribution < -0.4 is 0 Å². The average molecular weight is 381 g/mol. The maximum atomic E-state index is 2.96. The molecule has 12 heavy (non-hydrogen) atoms. The predicted octanol–water partition coefficient (Wildman–Crippen LogP) is 0.420. The van der Waals surface area contributed by atoms with Crippen molar-refractivity contribution in [2.24, 2.45) is 0 Å². The second-order valence-corrected chi connectivity index (χ2v) is 4.86. The summed E-state index contributed by atoms with van der Waals surface area (Å²) >= 11 is -0.208. The fourth-order valence-corrected chi connectivity index (χ4v) is 1.15. The molecule has 0 N–H and O–H groups in total. The first-order valence-electron chi connectivity index (χ1n) is 2.97. The zero-order valence-corrected chi connectivity index (χ0v) is 11.5. The van der Waals surface area contributed by atoms with Gasteiger partial charge >= 0.3 is 95.2 Å². The van der Waals surface area contributed by atoms with Crippen LogP contribution in [-0.2, 0) is 0 Å². The van der Waals surface area contributed by atoms with Crippen LogP contribution in [-0.4, -0.2) is 41.8 Å². The molecule has 0 saturated carbocycles. The van der Waals surface area contributed by atoms with E-state index in [9.17, 15) is 0 Å². The predicted molar refractivity (Wildman–Crippen MR) is 54.3 cm³/mol. The second kappa shape index (κ2) is 10.8. The number of hydrogen-bond donors (Lipinski definition) is 0. The fraction of sp³-hybridized carbons (Fsp3) is 0.200. The van der Waals surface area contributed by atoms with Crippen LogP contribution in [0.4, 0.5) is 0 Å². The van der Waals surface area contributed by atoms with Crippen LogP contribution in [0.3, 0.4) is 0 Å². The van der Waals surface area contributed by atoms with E-state index in [0.717, 1.165) is 0 Å². The summed E-state index contributed by atoms with van der Waals surface area (Å²) in [5.41, 5.74) is 0. The average Bonchev–Trinajstić information content (AvgIpc) is 2.10. The first kappa shape index (κ1) is 11.8. The van der Waals surface area contributed by atoms with Crippen molar-refractivity contribution in [3.05, 3.63) is 0 Å². The standard InChI is InChI=1S/C10H6Te2/c1-11-9-7-5-3-4-6-8-10-12-2/h1-2H3. The van der Waals surface area contributed by atoms with Gasteiger partial charge in [0.25, 0.3) is 0 Å². The Kier molecular flexibility index (Phi) is 10.7. The van der Waals surface area contributed by atoms with Gasteiger partial charge in [0, 0.05) is 0 Å². The van der Waals surface area contributed by atoms with E-state index in [-0.39, 0.29) is 41.8 Å². The third-order valence-corrected chi connectivity index (χ3v) is 2.37. The van der Waals surface area contributed by atoms with Crippen molar-refractivity contribution < 1.29 is 0 Å². The first-order valence-corrected chi connectivity index (χ1v) is 9.97. The zero-order chi connectivity index (χ0) is 9.07. The molecule has 0 aromatic carbocycles. The Hall–Kier alpha value is -0.181. The van der Waals surface area contributed by atoms with Crippen LogP contribution in [0.1, 0.15) is 0 Å². The van der Waals surface area contributed by atoms with Gasteiger partial charge in [0.05, 0.1) is 0 Å². The molecule has 0 heterocycles. The second-order valence-electron chi connectivity index (χ2n) is 1.36. The zero-order valence-electron chi connectivity index (χ0n) is 6.82. The molecule has 0 aromatic rings. The van der Waals surface area contributed by atoms with E-state index >= 15 is 0 Å². The summed E-state index contributed by atoms with van der Waals surface area (Å²) in [6.07, 6.45) is 0. The molecule has 0 unspecified atom stereocenters. The van der Waals surface area contributed by atoms with Crippen molar-refractivity contribution >= 4 is 41.8 Å². The van der Waals surface area contributed by atoms with Crippen molar-refractivity contribution in [3.63, 3.8) is 0 Å². The van der Waals surface area contributed by atoms with Gasteiger partial charge in [-0.25, -0.2) is 0 Å². The van der Waals surface area contributed by atoms with Gasteiger partial charge in [-0.2, -0.15) is 0 Å². The molecule has 0 aliphatic carbocycles. The molecule has 0 fully saturated rings. The molecule has 0 bridgehead atoms. The molecular weight excluding hydrogens is 375 g/mol. The fourth-order valence-electron chi connectivity index (χ4n) is 0.278. The Balaban J connectivity index is 3.90. The minimum absolute atomic E-state index is 0.104. The van der Waals surface area contributed by atoms with E-state index in [1.165, 1.54) is 0 Å². The van der Waals surface area contributed by atoms with Gasteiger partial charge < -0.3 is 0 Å². The molecule has 0 aliphatic rings.